The van der Waals surface area contributed by atoms with Gasteiger partial charge in [0.1, 0.15) is 0 Å². The molecular weight excluding hydrogens is 259 g/mol. The van der Waals surface area contributed by atoms with E-state index in [-0.39, 0.29) is 6.61 Å². The molecule has 0 spiro atoms. The van der Waals surface area contributed by atoms with Gasteiger partial charge in [-0.3, -0.25) is 9.42 Å². The Bertz CT molecular complexity index is 279. The van der Waals surface area contributed by atoms with E-state index in [2.05, 4.69) is 16.0 Å². The molecule has 0 bridgehead atoms. The van der Waals surface area contributed by atoms with Gasteiger partial charge in [-0.2, -0.15) is 0 Å². The molecule has 0 aliphatic rings. The predicted octanol–water partition coefficient (Wildman–Crippen LogP) is 2.87. The Morgan fingerprint density at radius 3 is 2.44 bits per heavy atom. The van der Waals surface area contributed by atoms with Crippen LogP contribution in [0.15, 0.2) is 12.0 Å². The molecule has 0 aromatic rings. The van der Waals surface area contributed by atoms with Gasteiger partial charge in [0.25, 0.3) is 5.95 Å². The monoisotopic (exact) mass is 282 g/mol. The second-order valence-corrected chi connectivity index (χ2v) is 5.26. The highest BCUT2D eigenvalue weighted by atomic mass is 31.2. The highest BCUT2D eigenvalue weighted by Gasteiger charge is 2.23. The summed E-state index contributed by atoms with van der Waals surface area (Å²) < 4.78 is 20.2. The third-order valence-electron chi connectivity index (χ3n) is 2.23. The molecule has 3 N–H and O–H groups in total. The van der Waals surface area contributed by atoms with E-state index >= 15 is 0 Å². The number of phosphoric acid groups is 1. The molecular formula is C11H23O6P. The van der Waals surface area contributed by atoms with Crippen LogP contribution in [0.5, 0.6) is 0 Å². The van der Waals surface area contributed by atoms with Gasteiger partial charge < -0.3 is 14.7 Å². The van der Waals surface area contributed by atoms with Crippen LogP contribution < -0.4 is 0 Å². The van der Waals surface area contributed by atoms with E-state index in [1.165, 1.54) is 12.8 Å². The molecule has 108 valence electrons. The van der Waals surface area contributed by atoms with E-state index in [1.54, 1.807) is 0 Å². The van der Waals surface area contributed by atoms with Crippen molar-refractivity contribution < 1.29 is 28.7 Å². The summed E-state index contributed by atoms with van der Waals surface area (Å²) in [5.74, 6) is -0.814. The summed E-state index contributed by atoms with van der Waals surface area (Å²) in [6.45, 7) is 1.75. The third kappa shape index (κ3) is 10.6. The van der Waals surface area contributed by atoms with Gasteiger partial charge in [0.2, 0.25) is 0 Å². The van der Waals surface area contributed by atoms with Crippen LogP contribution in [0.1, 0.15) is 45.4 Å². The van der Waals surface area contributed by atoms with Crippen LogP contribution in [0.4, 0.5) is 0 Å². The summed E-state index contributed by atoms with van der Waals surface area (Å²) in [6.07, 6.45) is 7.06. The van der Waals surface area contributed by atoms with Crippen LogP contribution in [0, 0.1) is 0 Å². The van der Waals surface area contributed by atoms with Gasteiger partial charge in [-0.15, -0.1) is 0 Å². The van der Waals surface area contributed by atoms with Crippen molar-refractivity contribution in [2.24, 2.45) is 0 Å². The SMILES string of the molecule is CCCCCCCCOP(=O)(O)OC(O)=CCO. The molecule has 0 amide bonds. The molecule has 0 saturated heterocycles. The number of rotatable bonds is 11. The van der Waals surface area contributed by atoms with E-state index in [0.717, 1.165) is 25.3 Å². The summed E-state index contributed by atoms with van der Waals surface area (Å²) in [5.41, 5.74) is 0. The second kappa shape index (κ2) is 10.4. The summed E-state index contributed by atoms with van der Waals surface area (Å²) >= 11 is 0. The molecule has 0 aliphatic heterocycles. The van der Waals surface area contributed by atoms with Gasteiger partial charge >= 0.3 is 7.82 Å². The van der Waals surface area contributed by atoms with E-state index in [0.29, 0.717) is 6.42 Å². The second-order valence-electron chi connectivity index (χ2n) is 3.89. The van der Waals surface area contributed by atoms with Crippen LogP contribution in [0.25, 0.3) is 0 Å². The highest BCUT2D eigenvalue weighted by molar-refractivity contribution is 7.47. The maximum atomic E-state index is 11.3. The van der Waals surface area contributed by atoms with Crippen molar-refractivity contribution >= 4 is 7.82 Å². The lowest BCUT2D eigenvalue weighted by molar-refractivity contribution is 0.120. The molecule has 1 unspecified atom stereocenters. The Hall–Kier alpha value is -0.550. The Morgan fingerprint density at radius 1 is 1.22 bits per heavy atom. The Balaban J connectivity index is 3.64. The Labute approximate surface area is 108 Å². The fourth-order valence-corrected chi connectivity index (χ4v) is 2.05. The number of aliphatic hydroxyl groups is 2. The molecule has 0 aromatic heterocycles. The van der Waals surface area contributed by atoms with Crippen LogP contribution >= 0.6 is 7.82 Å². The lowest BCUT2D eigenvalue weighted by Gasteiger charge is -2.11. The molecule has 1 atom stereocenters. The zero-order valence-corrected chi connectivity index (χ0v) is 11.6. The molecule has 18 heavy (non-hydrogen) atoms. The quantitative estimate of drug-likeness (QED) is 0.306. The van der Waals surface area contributed by atoms with Crippen molar-refractivity contribution in [1.29, 1.82) is 0 Å². The van der Waals surface area contributed by atoms with Crippen molar-refractivity contribution in [3.63, 3.8) is 0 Å². The molecule has 0 radical (unpaired) electrons. The minimum absolute atomic E-state index is 0.103. The normalized spacial score (nSPS) is 15.4. The van der Waals surface area contributed by atoms with Crippen molar-refractivity contribution in [3.05, 3.63) is 12.0 Å². The van der Waals surface area contributed by atoms with Crippen LogP contribution in [0.3, 0.4) is 0 Å². The van der Waals surface area contributed by atoms with Crippen LogP contribution in [0.2, 0.25) is 0 Å². The van der Waals surface area contributed by atoms with Gasteiger partial charge in [0, 0.05) is 6.08 Å². The van der Waals surface area contributed by atoms with Crippen molar-refractivity contribution in [3.8, 4) is 0 Å². The minimum Gasteiger partial charge on any atom is -0.481 e. The topological polar surface area (TPSA) is 96.2 Å². The number of hydrogen-bond donors (Lipinski definition) is 3. The number of unbranched alkanes of at least 4 members (excludes halogenated alkanes) is 5. The smallest absolute Gasteiger partial charge is 0.481 e. The summed E-state index contributed by atoms with van der Waals surface area (Å²) in [6, 6.07) is 0. The van der Waals surface area contributed by atoms with Gasteiger partial charge in [-0.25, -0.2) is 4.57 Å². The van der Waals surface area contributed by atoms with Gasteiger partial charge in [0.15, 0.2) is 0 Å². The maximum Gasteiger partial charge on any atom is 0.529 e. The lowest BCUT2D eigenvalue weighted by Crippen LogP contribution is -1.98. The molecule has 6 nitrogen and oxygen atoms in total. The summed E-state index contributed by atoms with van der Waals surface area (Å²) in [7, 11) is -4.27. The van der Waals surface area contributed by atoms with Crippen LogP contribution in [-0.4, -0.2) is 28.3 Å². The first-order valence-electron chi connectivity index (χ1n) is 6.18. The van der Waals surface area contributed by atoms with Gasteiger partial charge in [0.05, 0.1) is 13.2 Å². The van der Waals surface area contributed by atoms with E-state index in [9.17, 15) is 9.46 Å². The number of aliphatic hydroxyl groups excluding tert-OH is 2. The van der Waals surface area contributed by atoms with E-state index in [1.807, 2.05) is 0 Å². The van der Waals surface area contributed by atoms with Crippen LogP contribution in [-0.2, 0) is 13.6 Å². The number of phosphoric ester groups is 1. The van der Waals surface area contributed by atoms with Crippen molar-refractivity contribution in [2.45, 2.75) is 45.4 Å². The molecule has 0 saturated carbocycles. The van der Waals surface area contributed by atoms with E-state index < -0.39 is 20.4 Å². The first-order valence-corrected chi connectivity index (χ1v) is 7.68. The van der Waals surface area contributed by atoms with Gasteiger partial charge in [-0.1, -0.05) is 39.0 Å². The van der Waals surface area contributed by atoms with Crippen molar-refractivity contribution in [1.82, 2.24) is 0 Å². The minimum atomic E-state index is -4.27. The fourth-order valence-electron chi connectivity index (χ4n) is 1.32. The zero-order chi connectivity index (χ0) is 13.9. The molecule has 0 aliphatic carbocycles. The first kappa shape index (κ1) is 17.4. The predicted molar refractivity (Wildman–Crippen MR) is 68.0 cm³/mol. The Kier molecular flexibility index (Phi) is 10.1. The lowest BCUT2D eigenvalue weighted by atomic mass is 10.1. The van der Waals surface area contributed by atoms with Gasteiger partial charge in [-0.05, 0) is 6.42 Å². The largest absolute Gasteiger partial charge is 0.529 e. The average Bonchev–Trinajstić information content (AvgIpc) is 2.27. The molecule has 0 aromatic carbocycles. The molecule has 0 heterocycles. The maximum absolute atomic E-state index is 11.3. The third-order valence-corrected chi connectivity index (χ3v) is 3.15. The molecule has 0 fully saturated rings. The Morgan fingerprint density at radius 2 is 1.83 bits per heavy atom. The fraction of sp³-hybridized carbons (Fsp3) is 0.818. The summed E-state index contributed by atoms with van der Waals surface area (Å²) in [5, 5.41) is 17.4. The first-order chi connectivity index (χ1) is 8.52. The molecule has 0 rings (SSSR count). The zero-order valence-electron chi connectivity index (χ0n) is 10.7. The van der Waals surface area contributed by atoms with Crippen molar-refractivity contribution in [2.75, 3.05) is 13.2 Å². The average molecular weight is 282 g/mol. The van der Waals surface area contributed by atoms with E-state index in [4.69, 9.17) is 10.2 Å². The molecule has 7 heteroatoms. The highest BCUT2D eigenvalue weighted by Crippen LogP contribution is 2.45. The summed E-state index contributed by atoms with van der Waals surface area (Å²) in [4.78, 5) is 9.18. The standard InChI is InChI=1S/C11H23O6P/c1-2-3-4-5-6-7-10-16-18(14,15)17-11(13)8-9-12/h8,12-13H,2-7,9-10H2,1H3,(H,14,15). The number of hydrogen-bond acceptors (Lipinski definition) is 5.